The van der Waals surface area contributed by atoms with Gasteiger partial charge in [-0.3, -0.25) is 4.79 Å². The van der Waals surface area contributed by atoms with Gasteiger partial charge in [-0.25, -0.2) is 5.43 Å². The van der Waals surface area contributed by atoms with Crippen LogP contribution in [-0.4, -0.2) is 23.3 Å². The molecule has 0 saturated carbocycles. The minimum absolute atomic E-state index is 0.0857. The number of nitrogens with zero attached hydrogens (tertiary/aromatic N) is 1. The fraction of sp³-hybridized carbons (Fsp3) is 0.143. The predicted octanol–water partition coefficient (Wildman–Crippen LogP) is 5.33. The van der Waals surface area contributed by atoms with Crippen LogP contribution in [0.5, 0.6) is 5.75 Å². The smallest absolute Gasteiger partial charge is 0.259 e. The number of benzene rings is 3. The van der Waals surface area contributed by atoms with Crippen molar-refractivity contribution >= 4 is 59.9 Å². The van der Waals surface area contributed by atoms with Crippen LogP contribution in [0.1, 0.15) is 18.1 Å². The topological polar surface area (TPSA) is 73.7 Å². The Labute approximate surface area is 180 Å². The predicted molar refractivity (Wildman–Crippen MR) is 121 cm³/mol. The molecule has 1 amide bonds. The summed E-state index contributed by atoms with van der Waals surface area (Å²) in [6.45, 7) is 3.69. The maximum atomic E-state index is 12.1. The van der Waals surface area contributed by atoms with E-state index in [-0.39, 0.29) is 18.2 Å². The van der Waals surface area contributed by atoms with E-state index in [0.717, 1.165) is 26.5 Å². The summed E-state index contributed by atoms with van der Waals surface area (Å²) in [5, 5.41) is 19.8. The van der Waals surface area contributed by atoms with E-state index in [1.54, 1.807) is 13.0 Å². The standard InChI is InChI=1S/C21H19Br2N3O2/c1-12-18(22)10-17(21(28)20(12)23)13(2)25-26-19(27)11-24-16-8-7-14-5-3-4-6-15(14)9-16/h3-10,24,28H,11H2,1-2H3,(H,26,27)/b25-13-. The number of hydrogen-bond donors (Lipinski definition) is 3. The highest BCUT2D eigenvalue weighted by molar-refractivity contribution is 9.11. The van der Waals surface area contributed by atoms with E-state index >= 15 is 0 Å². The number of halogens is 2. The normalized spacial score (nSPS) is 11.5. The molecule has 3 N–H and O–H groups in total. The molecule has 0 bridgehead atoms. The van der Waals surface area contributed by atoms with Gasteiger partial charge < -0.3 is 10.4 Å². The summed E-state index contributed by atoms with van der Waals surface area (Å²) in [5.41, 5.74) is 5.29. The van der Waals surface area contributed by atoms with E-state index in [1.165, 1.54) is 0 Å². The molecule has 0 aliphatic rings. The lowest BCUT2D eigenvalue weighted by molar-refractivity contribution is -0.119. The highest BCUT2D eigenvalue weighted by Crippen LogP contribution is 2.36. The van der Waals surface area contributed by atoms with Gasteiger partial charge in [0.05, 0.1) is 16.7 Å². The number of phenolic OH excluding ortho intramolecular Hbond substituents is 1. The third-order valence-electron chi connectivity index (χ3n) is 4.36. The highest BCUT2D eigenvalue weighted by atomic mass is 79.9. The first-order valence-electron chi connectivity index (χ1n) is 8.60. The van der Waals surface area contributed by atoms with E-state index in [4.69, 9.17) is 0 Å². The van der Waals surface area contributed by atoms with Crippen molar-refractivity contribution in [3.63, 3.8) is 0 Å². The fourth-order valence-corrected chi connectivity index (χ4v) is 3.83. The first kappa shape index (κ1) is 20.4. The van der Waals surface area contributed by atoms with Gasteiger partial charge in [-0.05, 0) is 64.3 Å². The molecule has 0 unspecified atom stereocenters. The molecule has 5 nitrogen and oxygen atoms in total. The molecule has 0 aliphatic heterocycles. The van der Waals surface area contributed by atoms with Gasteiger partial charge in [0, 0.05) is 15.7 Å². The first-order chi connectivity index (χ1) is 13.4. The van der Waals surface area contributed by atoms with Crippen molar-refractivity contribution in [3.05, 3.63) is 68.6 Å². The molecule has 3 aromatic carbocycles. The number of amides is 1. The SMILES string of the molecule is C/C(=N/NC(=O)CNc1ccc2ccccc2c1)c1cc(Br)c(C)c(Br)c1O. The zero-order valence-corrected chi connectivity index (χ0v) is 18.6. The van der Waals surface area contributed by atoms with Gasteiger partial charge >= 0.3 is 0 Å². The molecule has 7 heteroatoms. The quantitative estimate of drug-likeness (QED) is 0.324. The Morgan fingerprint density at radius 2 is 1.82 bits per heavy atom. The van der Waals surface area contributed by atoms with Gasteiger partial charge in [-0.2, -0.15) is 5.10 Å². The van der Waals surface area contributed by atoms with E-state index in [9.17, 15) is 9.90 Å². The lowest BCUT2D eigenvalue weighted by Gasteiger charge is -2.11. The van der Waals surface area contributed by atoms with Gasteiger partial charge in [0.2, 0.25) is 0 Å². The minimum atomic E-state index is -0.280. The molecule has 0 aliphatic carbocycles. The number of carbonyl (C=O) groups excluding carboxylic acids is 1. The number of hydrogen-bond acceptors (Lipinski definition) is 4. The van der Waals surface area contributed by atoms with Crippen molar-refractivity contribution < 1.29 is 9.90 Å². The van der Waals surface area contributed by atoms with Crippen LogP contribution in [0.2, 0.25) is 0 Å². The second kappa shape index (κ2) is 8.75. The molecule has 0 fully saturated rings. The lowest BCUT2D eigenvalue weighted by Crippen LogP contribution is -2.26. The zero-order valence-electron chi connectivity index (χ0n) is 15.4. The molecule has 0 atom stereocenters. The van der Waals surface area contributed by atoms with Crippen molar-refractivity contribution in [1.82, 2.24) is 5.43 Å². The summed E-state index contributed by atoms with van der Waals surface area (Å²) >= 11 is 6.82. The molecule has 3 aromatic rings. The Bertz CT molecular complexity index is 1080. The van der Waals surface area contributed by atoms with Crippen molar-refractivity contribution in [2.24, 2.45) is 5.10 Å². The largest absolute Gasteiger partial charge is 0.506 e. The van der Waals surface area contributed by atoms with Gasteiger partial charge in [0.15, 0.2) is 0 Å². The summed E-state index contributed by atoms with van der Waals surface area (Å²) in [6.07, 6.45) is 0. The van der Waals surface area contributed by atoms with Crippen LogP contribution in [0.3, 0.4) is 0 Å². The molecule has 144 valence electrons. The molecule has 3 rings (SSSR count). The molecule has 28 heavy (non-hydrogen) atoms. The summed E-state index contributed by atoms with van der Waals surface area (Å²) in [6, 6.07) is 15.8. The number of hydrazone groups is 1. The van der Waals surface area contributed by atoms with Crippen molar-refractivity contribution in [3.8, 4) is 5.75 Å². The zero-order chi connectivity index (χ0) is 20.3. The Morgan fingerprint density at radius 3 is 2.57 bits per heavy atom. The van der Waals surface area contributed by atoms with Crippen molar-refractivity contribution in [2.45, 2.75) is 13.8 Å². The number of phenols is 1. The van der Waals surface area contributed by atoms with Crippen molar-refractivity contribution in [2.75, 3.05) is 11.9 Å². The maximum Gasteiger partial charge on any atom is 0.259 e. The number of fused-ring (bicyclic) bond motifs is 1. The van der Waals surface area contributed by atoms with Crippen LogP contribution in [-0.2, 0) is 4.79 Å². The molecule has 0 radical (unpaired) electrons. The number of carbonyl (C=O) groups is 1. The number of nitrogens with one attached hydrogen (secondary N) is 2. The Hall–Kier alpha value is -2.38. The van der Waals surface area contributed by atoms with Gasteiger partial charge in [0.25, 0.3) is 5.91 Å². The minimum Gasteiger partial charge on any atom is -0.506 e. The van der Waals surface area contributed by atoms with E-state index in [0.29, 0.717) is 15.7 Å². The molecule has 0 aromatic heterocycles. The molecular weight excluding hydrogens is 486 g/mol. The molecular formula is C21H19Br2N3O2. The van der Waals surface area contributed by atoms with E-state index in [2.05, 4.69) is 47.7 Å². The number of anilines is 1. The van der Waals surface area contributed by atoms with Crippen molar-refractivity contribution in [1.29, 1.82) is 0 Å². The van der Waals surface area contributed by atoms with Gasteiger partial charge in [-0.15, -0.1) is 0 Å². The second-order valence-corrected chi connectivity index (χ2v) is 7.99. The molecule has 0 spiro atoms. The Morgan fingerprint density at radius 1 is 1.11 bits per heavy atom. The monoisotopic (exact) mass is 503 g/mol. The molecule has 0 heterocycles. The number of rotatable bonds is 5. The third-order valence-corrected chi connectivity index (χ3v) is 6.16. The third kappa shape index (κ3) is 4.54. The fourth-order valence-electron chi connectivity index (χ4n) is 2.71. The van der Waals surface area contributed by atoms with Crippen LogP contribution in [0.25, 0.3) is 10.8 Å². The van der Waals surface area contributed by atoms with E-state index in [1.807, 2.05) is 49.4 Å². The van der Waals surface area contributed by atoms with Crippen LogP contribution in [0.15, 0.2) is 62.6 Å². The lowest BCUT2D eigenvalue weighted by atomic mass is 10.1. The van der Waals surface area contributed by atoms with Crippen LogP contribution >= 0.6 is 31.9 Å². The number of aromatic hydroxyl groups is 1. The highest BCUT2D eigenvalue weighted by Gasteiger charge is 2.14. The van der Waals surface area contributed by atoms with Crippen LogP contribution in [0.4, 0.5) is 5.69 Å². The first-order valence-corrected chi connectivity index (χ1v) is 10.2. The summed E-state index contributed by atoms with van der Waals surface area (Å²) in [4.78, 5) is 12.1. The maximum absolute atomic E-state index is 12.1. The van der Waals surface area contributed by atoms with Gasteiger partial charge in [-0.1, -0.05) is 46.3 Å². The average molecular weight is 505 g/mol. The summed E-state index contributed by atoms with van der Waals surface area (Å²) in [5.74, 6) is -0.192. The van der Waals surface area contributed by atoms with Gasteiger partial charge in [0.1, 0.15) is 5.75 Å². The summed E-state index contributed by atoms with van der Waals surface area (Å²) < 4.78 is 1.43. The van der Waals surface area contributed by atoms with E-state index < -0.39 is 0 Å². The Balaban J connectivity index is 1.64. The summed E-state index contributed by atoms with van der Waals surface area (Å²) in [7, 11) is 0. The second-order valence-electron chi connectivity index (χ2n) is 6.34. The van der Waals surface area contributed by atoms with Crippen LogP contribution in [0, 0.1) is 6.92 Å². The Kier molecular flexibility index (Phi) is 6.36. The average Bonchev–Trinajstić information content (AvgIpc) is 2.71. The van der Waals surface area contributed by atoms with Crippen LogP contribution < -0.4 is 10.7 Å². The molecule has 0 saturated heterocycles.